The number of benzene rings is 1. The van der Waals surface area contributed by atoms with Crippen LogP contribution in [0.2, 0.25) is 0 Å². The van der Waals surface area contributed by atoms with Crippen molar-refractivity contribution in [3.05, 3.63) is 42.5 Å². The average molecular weight is 290 g/mol. The first-order valence-electron chi connectivity index (χ1n) is 7.04. The van der Waals surface area contributed by atoms with Crippen molar-refractivity contribution in [1.29, 1.82) is 0 Å². The number of anilines is 1. The Morgan fingerprint density at radius 3 is 2.52 bits per heavy atom. The van der Waals surface area contributed by atoms with Crippen molar-refractivity contribution < 1.29 is 14.7 Å². The summed E-state index contributed by atoms with van der Waals surface area (Å²) >= 11 is 0. The topological polar surface area (TPSA) is 69.6 Å². The van der Waals surface area contributed by atoms with Crippen LogP contribution in [0, 0.1) is 0 Å². The lowest BCUT2D eigenvalue weighted by atomic mass is 10.1. The monoisotopic (exact) mass is 290 g/mol. The molecule has 0 fully saturated rings. The summed E-state index contributed by atoms with van der Waals surface area (Å²) in [5.74, 6) is -0.813. The molecular weight excluding hydrogens is 268 g/mol. The fraction of sp³-hybridized carbons (Fsp3) is 0.375. The first kappa shape index (κ1) is 16.8. The number of nitrogens with one attached hydrogen (secondary N) is 1. The first-order chi connectivity index (χ1) is 10.1. The van der Waals surface area contributed by atoms with Crippen molar-refractivity contribution in [2.45, 2.75) is 26.2 Å². The van der Waals surface area contributed by atoms with Crippen LogP contribution in [0.4, 0.5) is 10.5 Å². The predicted molar refractivity (Wildman–Crippen MR) is 83.5 cm³/mol. The van der Waals surface area contributed by atoms with Gasteiger partial charge in [0.05, 0.1) is 0 Å². The number of carbonyl (C=O) groups is 2. The van der Waals surface area contributed by atoms with Gasteiger partial charge in [0.25, 0.3) is 0 Å². The van der Waals surface area contributed by atoms with Gasteiger partial charge >= 0.3 is 12.0 Å². The molecule has 0 saturated carbocycles. The Labute approximate surface area is 125 Å². The highest BCUT2D eigenvalue weighted by molar-refractivity contribution is 5.89. The number of hydrogen-bond donors (Lipinski definition) is 2. The third kappa shape index (κ3) is 6.12. The predicted octanol–water partition coefficient (Wildman–Crippen LogP) is 3.13. The van der Waals surface area contributed by atoms with Gasteiger partial charge in [-0.3, -0.25) is 4.79 Å². The molecule has 0 aliphatic rings. The lowest BCUT2D eigenvalue weighted by molar-refractivity contribution is -0.136. The zero-order valence-electron chi connectivity index (χ0n) is 12.3. The molecule has 1 rings (SSSR count). The molecule has 114 valence electrons. The molecule has 0 aliphatic heterocycles. The Balaban J connectivity index is 2.59. The molecule has 0 bridgehead atoms. The van der Waals surface area contributed by atoms with Gasteiger partial charge in [-0.05, 0) is 30.5 Å². The molecule has 1 aromatic carbocycles. The number of nitrogens with zero attached hydrogens (tertiary/aromatic N) is 1. The minimum Gasteiger partial charge on any atom is -0.481 e. The van der Waals surface area contributed by atoms with Crippen LogP contribution in [0.15, 0.2) is 36.9 Å². The van der Waals surface area contributed by atoms with Crippen LogP contribution in [0.25, 0.3) is 0 Å². The van der Waals surface area contributed by atoms with E-state index >= 15 is 0 Å². The smallest absolute Gasteiger partial charge is 0.322 e. The van der Waals surface area contributed by atoms with Crippen LogP contribution in [0.3, 0.4) is 0 Å². The number of carboxylic acids is 1. The van der Waals surface area contributed by atoms with E-state index in [1.54, 1.807) is 23.1 Å². The van der Waals surface area contributed by atoms with Crippen LogP contribution in [0.1, 0.15) is 25.3 Å². The Morgan fingerprint density at radius 2 is 2.00 bits per heavy atom. The van der Waals surface area contributed by atoms with E-state index in [0.29, 0.717) is 25.2 Å². The SMILES string of the molecule is C=CCN(CCC)C(=O)Nc1ccc(CCC(=O)O)cc1. The second-order valence-corrected chi connectivity index (χ2v) is 4.76. The fourth-order valence-corrected chi connectivity index (χ4v) is 1.91. The van der Waals surface area contributed by atoms with Gasteiger partial charge in [0.15, 0.2) is 0 Å². The van der Waals surface area contributed by atoms with E-state index in [2.05, 4.69) is 11.9 Å². The van der Waals surface area contributed by atoms with Gasteiger partial charge in [0.2, 0.25) is 0 Å². The number of carboxylic acid groups (broad SMARTS) is 1. The Hall–Kier alpha value is -2.30. The largest absolute Gasteiger partial charge is 0.481 e. The van der Waals surface area contributed by atoms with Crippen molar-refractivity contribution >= 4 is 17.7 Å². The molecule has 0 unspecified atom stereocenters. The normalized spacial score (nSPS) is 9.95. The van der Waals surface area contributed by atoms with E-state index in [-0.39, 0.29) is 12.5 Å². The maximum Gasteiger partial charge on any atom is 0.322 e. The molecule has 2 amide bonds. The molecular formula is C16H22N2O3. The van der Waals surface area contributed by atoms with Crippen LogP contribution >= 0.6 is 0 Å². The van der Waals surface area contributed by atoms with Crippen molar-refractivity contribution in [1.82, 2.24) is 4.90 Å². The molecule has 0 heterocycles. The quantitative estimate of drug-likeness (QED) is 0.723. The molecule has 21 heavy (non-hydrogen) atoms. The highest BCUT2D eigenvalue weighted by Crippen LogP contribution is 2.12. The van der Waals surface area contributed by atoms with E-state index in [1.807, 2.05) is 19.1 Å². The summed E-state index contributed by atoms with van der Waals surface area (Å²) in [6, 6.07) is 7.07. The van der Waals surface area contributed by atoms with Crippen LogP contribution in [-0.2, 0) is 11.2 Å². The van der Waals surface area contributed by atoms with Crippen molar-refractivity contribution in [2.75, 3.05) is 18.4 Å². The lowest BCUT2D eigenvalue weighted by Gasteiger charge is -2.20. The lowest BCUT2D eigenvalue weighted by Crippen LogP contribution is -2.35. The maximum atomic E-state index is 12.1. The van der Waals surface area contributed by atoms with Crippen molar-refractivity contribution in [3.63, 3.8) is 0 Å². The van der Waals surface area contributed by atoms with E-state index in [9.17, 15) is 9.59 Å². The van der Waals surface area contributed by atoms with Gasteiger partial charge in [-0.25, -0.2) is 4.79 Å². The molecule has 2 N–H and O–H groups in total. The first-order valence-corrected chi connectivity index (χ1v) is 7.04. The van der Waals surface area contributed by atoms with E-state index in [0.717, 1.165) is 12.0 Å². The third-order valence-corrected chi connectivity index (χ3v) is 2.96. The molecule has 5 nitrogen and oxygen atoms in total. The van der Waals surface area contributed by atoms with Gasteiger partial charge in [-0.15, -0.1) is 6.58 Å². The number of hydrogen-bond acceptors (Lipinski definition) is 2. The van der Waals surface area contributed by atoms with Gasteiger partial charge in [0, 0.05) is 25.2 Å². The fourth-order valence-electron chi connectivity index (χ4n) is 1.91. The zero-order chi connectivity index (χ0) is 15.7. The number of urea groups is 1. The summed E-state index contributed by atoms with van der Waals surface area (Å²) in [7, 11) is 0. The van der Waals surface area contributed by atoms with Gasteiger partial charge in [0.1, 0.15) is 0 Å². The van der Waals surface area contributed by atoms with Gasteiger partial charge in [-0.2, -0.15) is 0 Å². The summed E-state index contributed by atoms with van der Waals surface area (Å²) < 4.78 is 0. The van der Waals surface area contributed by atoms with Crippen molar-refractivity contribution in [3.8, 4) is 0 Å². The maximum absolute atomic E-state index is 12.1. The summed E-state index contributed by atoms with van der Waals surface area (Å²) in [4.78, 5) is 24.3. The van der Waals surface area contributed by atoms with Gasteiger partial charge < -0.3 is 15.3 Å². The third-order valence-electron chi connectivity index (χ3n) is 2.96. The van der Waals surface area contributed by atoms with Crippen LogP contribution in [-0.4, -0.2) is 35.1 Å². The Morgan fingerprint density at radius 1 is 1.33 bits per heavy atom. The molecule has 0 spiro atoms. The molecule has 0 radical (unpaired) electrons. The average Bonchev–Trinajstić information content (AvgIpc) is 2.46. The minimum absolute atomic E-state index is 0.106. The van der Waals surface area contributed by atoms with E-state index in [1.165, 1.54) is 0 Å². The highest BCUT2D eigenvalue weighted by Gasteiger charge is 2.10. The number of rotatable bonds is 8. The highest BCUT2D eigenvalue weighted by atomic mass is 16.4. The van der Waals surface area contributed by atoms with Crippen molar-refractivity contribution in [2.24, 2.45) is 0 Å². The number of amides is 2. The molecule has 1 aromatic rings. The molecule has 0 aromatic heterocycles. The number of aryl methyl sites for hydroxylation is 1. The standard InChI is InChI=1S/C16H22N2O3/c1-3-11-18(12-4-2)16(21)17-14-8-5-13(6-9-14)7-10-15(19)20/h3,5-6,8-9H,1,4,7,10-12H2,2H3,(H,17,21)(H,19,20). The Bertz CT molecular complexity index is 483. The van der Waals surface area contributed by atoms with E-state index in [4.69, 9.17) is 5.11 Å². The Kier molecular flexibility index (Phi) is 7.01. The molecule has 0 aliphatic carbocycles. The summed E-state index contributed by atoms with van der Waals surface area (Å²) in [6.07, 6.45) is 3.18. The second kappa shape index (κ2) is 8.79. The van der Waals surface area contributed by atoms with Crippen LogP contribution < -0.4 is 5.32 Å². The second-order valence-electron chi connectivity index (χ2n) is 4.76. The summed E-state index contributed by atoms with van der Waals surface area (Å²) in [6.45, 7) is 6.85. The zero-order valence-corrected chi connectivity index (χ0v) is 12.3. The van der Waals surface area contributed by atoms with Gasteiger partial charge in [-0.1, -0.05) is 25.1 Å². The summed E-state index contributed by atoms with van der Waals surface area (Å²) in [5, 5.41) is 11.5. The van der Waals surface area contributed by atoms with Crippen LogP contribution in [0.5, 0.6) is 0 Å². The molecule has 0 saturated heterocycles. The minimum atomic E-state index is -0.813. The number of carbonyl (C=O) groups excluding carboxylic acids is 1. The van der Waals surface area contributed by atoms with E-state index < -0.39 is 5.97 Å². The summed E-state index contributed by atoms with van der Waals surface area (Å²) in [5.41, 5.74) is 1.64. The molecule has 0 atom stereocenters. The number of aliphatic carboxylic acids is 1. The molecule has 5 heteroatoms.